The number of phosphoric acid groups is 1. The Kier molecular flexibility index (Phi) is 9.41. The summed E-state index contributed by atoms with van der Waals surface area (Å²) in [4.78, 5) is 30.9. The molecule has 0 heterocycles. The van der Waals surface area contributed by atoms with Gasteiger partial charge >= 0.3 is 13.8 Å². The van der Waals surface area contributed by atoms with E-state index >= 15 is 0 Å². The minimum absolute atomic E-state index is 0.0700. The van der Waals surface area contributed by atoms with Gasteiger partial charge in [-0.05, 0) is 0 Å². The second kappa shape index (κ2) is 9.88. The van der Waals surface area contributed by atoms with Crippen LogP contribution in [0.1, 0.15) is 27.2 Å². The molecule has 0 saturated heterocycles. The average Bonchev–Trinajstić information content (AvgIpc) is 2.33. The normalized spacial score (nSPS) is 13.8. The summed E-state index contributed by atoms with van der Waals surface area (Å²) in [6.07, 6.45) is 0.289. The van der Waals surface area contributed by atoms with Crippen LogP contribution in [0.5, 0.6) is 0 Å². The lowest BCUT2D eigenvalue weighted by molar-refractivity contribution is -0.141. The molecule has 0 radical (unpaired) electrons. The smallest absolute Gasteiger partial charge is 0.466 e. The van der Waals surface area contributed by atoms with Gasteiger partial charge in [0.1, 0.15) is 0 Å². The van der Waals surface area contributed by atoms with Crippen molar-refractivity contribution < 1.29 is 32.8 Å². The van der Waals surface area contributed by atoms with Crippen molar-refractivity contribution in [3.63, 3.8) is 0 Å². The number of amides is 1. The zero-order valence-corrected chi connectivity index (χ0v) is 12.9. The molecule has 1 atom stereocenters. The summed E-state index contributed by atoms with van der Waals surface area (Å²) in [5.74, 6) is -0.744. The van der Waals surface area contributed by atoms with E-state index in [0.29, 0.717) is 0 Å². The van der Waals surface area contributed by atoms with Gasteiger partial charge in [0.2, 0.25) is 5.91 Å². The molecule has 1 unspecified atom stereocenters. The first-order valence-electron chi connectivity index (χ1n) is 6.27. The third-order valence-corrected chi connectivity index (χ3v) is 3.05. The molecule has 0 rings (SSSR count). The molecule has 0 bridgehead atoms. The first-order chi connectivity index (χ1) is 9.24. The van der Waals surface area contributed by atoms with Crippen LogP contribution in [-0.4, -0.2) is 43.1 Å². The second-order valence-corrected chi connectivity index (χ2v) is 5.73. The molecule has 9 heteroatoms. The zero-order chi connectivity index (χ0) is 15.6. The van der Waals surface area contributed by atoms with Crippen LogP contribution in [0.4, 0.5) is 0 Å². The molecular weight excluding hydrogens is 289 g/mol. The molecule has 20 heavy (non-hydrogen) atoms. The van der Waals surface area contributed by atoms with Crippen LogP contribution in [0, 0.1) is 5.92 Å². The Morgan fingerprint density at radius 2 is 1.80 bits per heavy atom. The van der Waals surface area contributed by atoms with Gasteiger partial charge in [-0.25, -0.2) is 4.57 Å². The highest BCUT2D eigenvalue weighted by molar-refractivity contribution is 7.47. The third kappa shape index (κ3) is 10.9. The molecule has 0 aromatic heterocycles. The molecule has 118 valence electrons. The van der Waals surface area contributed by atoms with Crippen molar-refractivity contribution in [1.29, 1.82) is 0 Å². The van der Waals surface area contributed by atoms with Crippen LogP contribution in [0.3, 0.4) is 0 Å². The summed E-state index contributed by atoms with van der Waals surface area (Å²) in [5.41, 5.74) is 0. The van der Waals surface area contributed by atoms with Crippen molar-refractivity contribution in [2.24, 2.45) is 5.92 Å². The van der Waals surface area contributed by atoms with E-state index in [1.807, 2.05) is 0 Å². The average molecular weight is 311 g/mol. The van der Waals surface area contributed by atoms with E-state index in [1.54, 1.807) is 13.8 Å². The number of hydrogen-bond acceptors (Lipinski definition) is 6. The first-order valence-corrected chi connectivity index (χ1v) is 7.77. The Morgan fingerprint density at radius 3 is 2.35 bits per heavy atom. The Bertz CT molecular complexity index is 359. The van der Waals surface area contributed by atoms with Gasteiger partial charge in [0.15, 0.2) is 0 Å². The minimum atomic E-state index is -4.13. The molecule has 0 fully saturated rings. The Labute approximate surface area is 118 Å². The molecule has 0 aliphatic carbocycles. The van der Waals surface area contributed by atoms with Crippen LogP contribution in [0.2, 0.25) is 0 Å². The highest BCUT2D eigenvalue weighted by Crippen LogP contribution is 2.42. The number of rotatable bonds is 10. The fourth-order valence-corrected chi connectivity index (χ4v) is 1.79. The predicted octanol–water partition coefficient (Wildman–Crippen LogP) is 0.845. The molecule has 8 nitrogen and oxygen atoms in total. The standard InChI is InChI=1S/C11H22NO7P/c1-9(2)11(14)12-5-8-19-20(15,16)18-7-4-6-17-10(3)13/h9H,4-8H2,1-3H3,(H,12,14)(H,15,16). The van der Waals surface area contributed by atoms with Crippen molar-refractivity contribution >= 4 is 19.7 Å². The fraction of sp³-hybridized carbons (Fsp3) is 0.818. The van der Waals surface area contributed by atoms with Crippen LogP contribution in [0.25, 0.3) is 0 Å². The topological polar surface area (TPSA) is 111 Å². The monoisotopic (exact) mass is 311 g/mol. The first kappa shape index (κ1) is 19.1. The largest absolute Gasteiger partial charge is 0.472 e. The number of ether oxygens (including phenoxy) is 1. The number of carbonyl (C=O) groups is 2. The van der Waals surface area contributed by atoms with E-state index in [4.69, 9.17) is 0 Å². The summed E-state index contributed by atoms with van der Waals surface area (Å²) < 4.78 is 25.3. The molecule has 0 saturated carbocycles. The van der Waals surface area contributed by atoms with Crippen molar-refractivity contribution in [3.8, 4) is 0 Å². The Balaban J connectivity index is 3.66. The number of hydrogen-bond donors (Lipinski definition) is 2. The highest BCUT2D eigenvalue weighted by Gasteiger charge is 2.20. The van der Waals surface area contributed by atoms with Crippen molar-refractivity contribution in [2.45, 2.75) is 27.2 Å². The van der Waals surface area contributed by atoms with Crippen LogP contribution >= 0.6 is 7.82 Å². The van der Waals surface area contributed by atoms with Gasteiger partial charge in [0.25, 0.3) is 0 Å². The molecule has 0 aromatic rings. The van der Waals surface area contributed by atoms with Gasteiger partial charge in [0, 0.05) is 25.8 Å². The molecule has 0 aliphatic rings. The van der Waals surface area contributed by atoms with Gasteiger partial charge in [-0.15, -0.1) is 0 Å². The third-order valence-electron chi connectivity index (χ3n) is 2.03. The SMILES string of the molecule is CC(=O)OCCCOP(=O)(O)OCCNC(=O)C(C)C. The molecule has 0 spiro atoms. The van der Waals surface area contributed by atoms with Crippen LogP contribution in [0.15, 0.2) is 0 Å². The maximum atomic E-state index is 11.4. The van der Waals surface area contributed by atoms with Gasteiger partial charge < -0.3 is 14.9 Å². The lowest BCUT2D eigenvalue weighted by Gasteiger charge is -2.13. The highest BCUT2D eigenvalue weighted by atomic mass is 31.2. The summed E-state index contributed by atoms with van der Waals surface area (Å²) in [6.45, 7) is 4.78. The lowest BCUT2D eigenvalue weighted by Crippen LogP contribution is -2.30. The second-order valence-electron chi connectivity index (χ2n) is 4.27. The lowest BCUT2D eigenvalue weighted by atomic mass is 10.2. The van der Waals surface area contributed by atoms with Crippen molar-refractivity contribution in [1.82, 2.24) is 5.32 Å². The Morgan fingerprint density at radius 1 is 1.20 bits per heavy atom. The molecule has 0 aliphatic heterocycles. The number of esters is 1. The van der Waals surface area contributed by atoms with E-state index in [0.717, 1.165) is 0 Å². The van der Waals surface area contributed by atoms with Crippen molar-refractivity contribution in [2.75, 3.05) is 26.4 Å². The number of carbonyl (C=O) groups excluding carboxylic acids is 2. The quantitative estimate of drug-likeness (QED) is 0.349. The fourth-order valence-electron chi connectivity index (χ4n) is 1.03. The maximum absolute atomic E-state index is 11.4. The molecule has 0 aromatic carbocycles. The minimum Gasteiger partial charge on any atom is -0.466 e. The molecule has 2 N–H and O–H groups in total. The van der Waals surface area contributed by atoms with Gasteiger partial charge in [-0.2, -0.15) is 0 Å². The summed E-state index contributed by atoms with van der Waals surface area (Å²) >= 11 is 0. The van der Waals surface area contributed by atoms with Crippen molar-refractivity contribution in [3.05, 3.63) is 0 Å². The van der Waals surface area contributed by atoms with Crippen LogP contribution < -0.4 is 5.32 Å². The maximum Gasteiger partial charge on any atom is 0.472 e. The van der Waals surface area contributed by atoms with E-state index in [-0.39, 0.29) is 44.6 Å². The summed E-state index contributed by atoms with van der Waals surface area (Å²) in [5, 5.41) is 2.53. The summed E-state index contributed by atoms with van der Waals surface area (Å²) in [7, 11) is -4.13. The van der Waals surface area contributed by atoms with Gasteiger partial charge in [-0.3, -0.25) is 18.6 Å². The van der Waals surface area contributed by atoms with Gasteiger partial charge in [0.05, 0.1) is 19.8 Å². The van der Waals surface area contributed by atoms with Gasteiger partial charge in [-0.1, -0.05) is 13.8 Å². The number of nitrogens with one attached hydrogen (secondary N) is 1. The summed E-state index contributed by atoms with van der Waals surface area (Å²) in [6, 6.07) is 0. The van der Waals surface area contributed by atoms with E-state index in [9.17, 15) is 19.0 Å². The predicted molar refractivity (Wildman–Crippen MR) is 70.8 cm³/mol. The van der Waals surface area contributed by atoms with E-state index in [1.165, 1.54) is 6.92 Å². The van der Waals surface area contributed by atoms with E-state index in [2.05, 4.69) is 19.1 Å². The number of phosphoric ester groups is 1. The zero-order valence-electron chi connectivity index (χ0n) is 12.0. The van der Waals surface area contributed by atoms with E-state index < -0.39 is 13.8 Å². The Hall–Kier alpha value is -0.950. The molecule has 1 amide bonds. The van der Waals surface area contributed by atoms with Crippen LogP contribution in [-0.2, 0) is 27.9 Å². The molecular formula is C11H22NO7P.